The summed E-state index contributed by atoms with van der Waals surface area (Å²) in [4.78, 5) is 55.6. The fourth-order valence-electron chi connectivity index (χ4n) is 4.94. The summed E-state index contributed by atoms with van der Waals surface area (Å²) in [6.07, 6.45) is 7.58. The number of nitro groups is 1. The van der Waals surface area contributed by atoms with E-state index in [1.807, 2.05) is 0 Å². The van der Waals surface area contributed by atoms with E-state index in [4.69, 9.17) is 9.68 Å². The molecular formula is C23H31N5O7. The van der Waals surface area contributed by atoms with E-state index in [9.17, 15) is 24.5 Å². The van der Waals surface area contributed by atoms with E-state index in [-0.39, 0.29) is 36.2 Å². The van der Waals surface area contributed by atoms with Crippen molar-refractivity contribution in [2.75, 3.05) is 36.0 Å². The molecule has 1 atom stereocenters. The molecule has 35 heavy (non-hydrogen) atoms. The van der Waals surface area contributed by atoms with Crippen LogP contribution >= 0.6 is 0 Å². The summed E-state index contributed by atoms with van der Waals surface area (Å²) in [7, 11) is 0. The molecular weight excluding hydrogens is 458 g/mol. The molecule has 1 unspecified atom stereocenters. The Kier molecular flexibility index (Phi) is 8.01. The predicted octanol–water partition coefficient (Wildman–Crippen LogP) is 3.15. The molecule has 1 saturated heterocycles. The van der Waals surface area contributed by atoms with Crippen molar-refractivity contribution in [1.82, 2.24) is 4.90 Å². The summed E-state index contributed by atoms with van der Waals surface area (Å²) >= 11 is 0. The van der Waals surface area contributed by atoms with Crippen molar-refractivity contribution in [3.8, 4) is 0 Å². The van der Waals surface area contributed by atoms with E-state index in [0.29, 0.717) is 24.3 Å². The lowest BCUT2D eigenvalue weighted by Gasteiger charge is -2.34. The van der Waals surface area contributed by atoms with E-state index >= 15 is 0 Å². The van der Waals surface area contributed by atoms with Gasteiger partial charge in [-0.2, -0.15) is 4.94 Å². The van der Waals surface area contributed by atoms with Gasteiger partial charge in [-0.1, -0.05) is 25.7 Å². The highest BCUT2D eigenvalue weighted by atomic mass is 16.8. The van der Waals surface area contributed by atoms with Crippen LogP contribution in [-0.2, 0) is 24.1 Å². The largest absolute Gasteiger partial charge is 0.462 e. The standard InChI is InChI=1S/C23H31N5O7/c29-21(15-7-3-1-2-4-8-15)22(30)27-13-6-5-9-18(27)23(31)34-14-12-24-16-10-11-17(28(32)33)20-19(16)25-35-26-20/h10-11,15,18,24-26H,1-9,12-14H2. The molecule has 0 radical (unpaired) electrons. The van der Waals surface area contributed by atoms with E-state index < -0.39 is 22.8 Å². The number of hydrogen-bond acceptors (Lipinski definition) is 10. The van der Waals surface area contributed by atoms with Crippen LogP contribution in [0.15, 0.2) is 12.1 Å². The molecule has 12 heteroatoms. The zero-order chi connectivity index (χ0) is 24.8. The number of carbonyl (C=O) groups is 3. The Hall–Kier alpha value is -3.41. The number of nitrogens with zero attached hydrogens (tertiary/aromatic N) is 2. The van der Waals surface area contributed by atoms with E-state index in [1.54, 1.807) is 0 Å². The molecule has 3 aliphatic rings. The number of amides is 1. The molecule has 1 aliphatic carbocycles. The Morgan fingerprint density at radius 3 is 2.51 bits per heavy atom. The average molecular weight is 490 g/mol. The molecule has 2 heterocycles. The lowest BCUT2D eigenvalue weighted by molar-refractivity contribution is -0.384. The number of ether oxygens (including phenoxy) is 1. The number of rotatable bonds is 8. The van der Waals surface area contributed by atoms with Crippen molar-refractivity contribution in [2.45, 2.75) is 63.8 Å². The first-order valence-corrected chi connectivity index (χ1v) is 12.2. The van der Waals surface area contributed by atoms with Crippen LogP contribution in [-0.4, -0.2) is 53.2 Å². The number of benzene rings is 1. The van der Waals surface area contributed by atoms with Gasteiger partial charge < -0.3 is 15.0 Å². The number of piperidine rings is 1. The summed E-state index contributed by atoms with van der Waals surface area (Å²) in [5.74, 6) is -1.70. The SMILES string of the molecule is O=C(C(=O)N1CCCCC1C(=O)OCCNc1ccc([N+](=O)[O-])c2c1NON2)C1CCCCCC1. The van der Waals surface area contributed by atoms with Crippen molar-refractivity contribution in [3.63, 3.8) is 0 Å². The third-order valence-electron chi connectivity index (χ3n) is 6.82. The zero-order valence-corrected chi connectivity index (χ0v) is 19.5. The zero-order valence-electron chi connectivity index (χ0n) is 19.5. The summed E-state index contributed by atoms with van der Waals surface area (Å²) in [5, 5.41) is 14.2. The smallest absolute Gasteiger partial charge is 0.328 e. The van der Waals surface area contributed by atoms with Gasteiger partial charge >= 0.3 is 5.97 Å². The molecule has 190 valence electrons. The van der Waals surface area contributed by atoms with Crippen LogP contribution in [0.1, 0.15) is 57.8 Å². The van der Waals surface area contributed by atoms with Crippen LogP contribution in [0.25, 0.3) is 0 Å². The fourth-order valence-corrected chi connectivity index (χ4v) is 4.94. The first-order valence-electron chi connectivity index (χ1n) is 12.2. The topological polar surface area (TPSA) is 152 Å². The van der Waals surface area contributed by atoms with Crippen LogP contribution in [0.5, 0.6) is 0 Å². The van der Waals surface area contributed by atoms with Gasteiger partial charge in [-0.25, -0.2) is 15.8 Å². The number of hydrogen-bond donors (Lipinski definition) is 3. The second kappa shape index (κ2) is 11.3. The number of fused-ring (bicyclic) bond motifs is 1. The maximum absolute atomic E-state index is 13.0. The number of carbonyl (C=O) groups excluding carboxylic acids is 3. The second-order valence-corrected chi connectivity index (χ2v) is 9.10. The van der Waals surface area contributed by atoms with Gasteiger partial charge in [-0.15, -0.1) is 0 Å². The highest BCUT2D eigenvalue weighted by molar-refractivity contribution is 6.37. The van der Waals surface area contributed by atoms with Gasteiger partial charge in [0.15, 0.2) is 5.69 Å². The molecule has 0 bridgehead atoms. The van der Waals surface area contributed by atoms with E-state index in [2.05, 4.69) is 16.3 Å². The van der Waals surface area contributed by atoms with Crippen molar-refractivity contribution in [3.05, 3.63) is 22.2 Å². The Morgan fingerprint density at radius 2 is 1.77 bits per heavy atom. The van der Waals surface area contributed by atoms with E-state index in [0.717, 1.165) is 51.4 Å². The van der Waals surface area contributed by atoms with Gasteiger partial charge in [0.05, 0.1) is 10.6 Å². The minimum atomic E-state index is -0.756. The monoisotopic (exact) mass is 489 g/mol. The Morgan fingerprint density at radius 1 is 1.06 bits per heavy atom. The first-order chi connectivity index (χ1) is 17.0. The molecule has 3 N–H and O–H groups in total. The summed E-state index contributed by atoms with van der Waals surface area (Å²) in [6.45, 7) is 0.635. The molecule has 0 aromatic heterocycles. The highest BCUT2D eigenvalue weighted by Crippen LogP contribution is 2.41. The third-order valence-corrected chi connectivity index (χ3v) is 6.82. The quantitative estimate of drug-likeness (QED) is 0.124. The van der Waals surface area contributed by atoms with Gasteiger partial charge in [-0.05, 0) is 38.2 Å². The molecule has 12 nitrogen and oxygen atoms in total. The predicted molar refractivity (Wildman–Crippen MR) is 126 cm³/mol. The van der Waals surface area contributed by atoms with Crippen molar-refractivity contribution in [1.29, 1.82) is 0 Å². The lowest BCUT2D eigenvalue weighted by atomic mass is 9.93. The fraction of sp³-hybridized carbons (Fsp3) is 0.609. The minimum Gasteiger partial charge on any atom is -0.462 e. The molecule has 2 aliphatic heterocycles. The first kappa shape index (κ1) is 24.7. The summed E-state index contributed by atoms with van der Waals surface area (Å²) < 4.78 is 5.43. The van der Waals surface area contributed by atoms with Crippen LogP contribution in [0, 0.1) is 16.0 Å². The van der Waals surface area contributed by atoms with Gasteiger partial charge in [0.2, 0.25) is 5.78 Å². The van der Waals surface area contributed by atoms with Crippen LogP contribution in [0.2, 0.25) is 0 Å². The van der Waals surface area contributed by atoms with Gasteiger partial charge in [0.1, 0.15) is 18.3 Å². The molecule has 1 amide bonds. The molecule has 2 fully saturated rings. The maximum atomic E-state index is 13.0. The number of likely N-dealkylation sites (tertiary alicyclic amines) is 1. The number of ketones is 1. The number of Topliss-reactive ketones (excluding diaryl/α,β-unsaturated/α-hetero) is 1. The van der Waals surface area contributed by atoms with Gasteiger partial charge in [0.25, 0.3) is 11.6 Å². The van der Waals surface area contributed by atoms with E-state index in [1.165, 1.54) is 17.0 Å². The normalized spacial score (nSPS) is 20.1. The third kappa shape index (κ3) is 5.64. The van der Waals surface area contributed by atoms with Crippen molar-refractivity contribution < 1.29 is 29.0 Å². The molecule has 4 rings (SSSR count). The summed E-state index contributed by atoms with van der Waals surface area (Å²) in [5.41, 5.74) is 6.00. The van der Waals surface area contributed by atoms with Crippen molar-refractivity contribution in [2.24, 2.45) is 5.92 Å². The molecule has 1 aromatic rings. The molecule has 0 spiro atoms. The number of nitrogens with one attached hydrogen (secondary N) is 3. The van der Waals surface area contributed by atoms with Crippen LogP contribution < -0.4 is 16.3 Å². The Bertz CT molecular complexity index is 977. The minimum absolute atomic E-state index is 0.0218. The molecule has 1 saturated carbocycles. The Balaban J connectivity index is 1.31. The van der Waals surface area contributed by atoms with Crippen molar-refractivity contribution >= 4 is 40.4 Å². The van der Waals surface area contributed by atoms with Gasteiger partial charge in [-0.3, -0.25) is 19.7 Å². The highest BCUT2D eigenvalue weighted by Gasteiger charge is 2.38. The average Bonchev–Trinajstić information content (AvgIpc) is 3.20. The number of nitro benzene ring substituents is 1. The van der Waals surface area contributed by atoms with Gasteiger partial charge in [0, 0.05) is 25.1 Å². The van der Waals surface area contributed by atoms with Crippen LogP contribution in [0.3, 0.4) is 0 Å². The summed E-state index contributed by atoms with van der Waals surface area (Å²) in [6, 6.07) is 2.12. The number of esters is 1. The second-order valence-electron chi connectivity index (χ2n) is 9.10. The van der Waals surface area contributed by atoms with Crippen LogP contribution in [0.4, 0.5) is 22.7 Å². The Labute approximate surface area is 202 Å². The lowest BCUT2D eigenvalue weighted by Crippen LogP contribution is -2.52. The maximum Gasteiger partial charge on any atom is 0.328 e. The molecule has 1 aromatic carbocycles. The number of anilines is 3.